The Bertz CT molecular complexity index is 1220. The monoisotopic (exact) mass is 491 g/mol. The van der Waals surface area contributed by atoms with Gasteiger partial charge in [-0.15, -0.1) is 0 Å². The summed E-state index contributed by atoms with van der Waals surface area (Å²) >= 11 is 6.01. The number of carbonyl (C=O) groups excluding carboxylic acids is 1. The number of rotatable bonds is 9. The van der Waals surface area contributed by atoms with E-state index in [1.165, 1.54) is 4.90 Å². The first-order valence-electron chi connectivity index (χ1n) is 11.8. The van der Waals surface area contributed by atoms with Crippen LogP contribution >= 0.6 is 11.6 Å². The van der Waals surface area contributed by atoms with Crippen molar-refractivity contribution >= 4 is 23.5 Å². The van der Waals surface area contributed by atoms with Gasteiger partial charge in [0.05, 0.1) is 6.42 Å². The van der Waals surface area contributed by atoms with Crippen molar-refractivity contribution in [1.82, 2.24) is 4.90 Å². The van der Waals surface area contributed by atoms with Gasteiger partial charge in [0.15, 0.2) is 0 Å². The first kappa shape index (κ1) is 24.8. The van der Waals surface area contributed by atoms with Crippen LogP contribution in [-0.4, -0.2) is 40.6 Å². The summed E-state index contributed by atoms with van der Waals surface area (Å²) in [7, 11) is 0. The number of aliphatic carboxylic acids is 1. The third-order valence-electron chi connectivity index (χ3n) is 6.48. The molecule has 0 aliphatic carbocycles. The van der Waals surface area contributed by atoms with Crippen LogP contribution < -0.4 is 4.74 Å². The first-order chi connectivity index (χ1) is 16.7. The van der Waals surface area contributed by atoms with Crippen molar-refractivity contribution in [1.29, 1.82) is 0 Å². The van der Waals surface area contributed by atoms with Gasteiger partial charge in [0, 0.05) is 24.4 Å². The van der Waals surface area contributed by atoms with Crippen molar-refractivity contribution in [3.63, 3.8) is 0 Å². The van der Waals surface area contributed by atoms with Gasteiger partial charge in [-0.1, -0.05) is 60.1 Å². The Labute approximate surface area is 211 Å². The van der Waals surface area contributed by atoms with Crippen molar-refractivity contribution < 1.29 is 19.4 Å². The summed E-state index contributed by atoms with van der Waals surface area (Å²) in [6.07, 6.45) is 2.26. The van der Waals surface area contributed by atoms with Crippen LogP contribution in [0.3, 0.4) is 0 Å². The number of ether oxygens (including phenoxy) is 1. The van der Waals surface area contributed by atoms with Crippen LogP contribution in [-0.2, 0) is 35.3 Å². The lowest BCUT2D eigenvalue weighted by molar-refractivity contribution is -0.144. The Kier molecular flexibility index (Phi) is 7.46. The van der Waals surface area contributed by atoms with E-state index in [2.05, 4.69) is 6.92 Å². The van der Waals surface area contributed by atoms with Gasteiger partial charge in [-0.3, -0.25) is 9.59 Å². The molecule has 0 aromatic heterocycles. The predicted octanol–water partition coefficient (Wildman–Crippen LogP) is 5.28. The second-order valence-electron chi connectivity index (χ2n) is 9.54. The highest BCUT2D eigenvalue weighted by Crippen LogP contribution is 2.37. The third-order valence-corrected chi connectivity index (χ3v) is 6.74. The summed E-state index contributed by atoms with van der Waals surface area (Å²) in [6.45, 7) is 4.17. The first-order valence-corrected chi connectivity index (χ1v) is 12.2. The number of fused-ring (bicyclic) bond motifs is 1. The third kappa shape index (κ3) is 6.43. The highest BCUT2D eigenvalue weighted by Gasteiger charge is 2.35. The average Bonchev–Trinajstić information content (AvgIpc) is 3.14. The summed E-state index contributed by atoms with van der Waals surface area (Å²) < 4.78 is 6.28. The largest absolute Gasteiger partial charge is 0.487 e. The predicted molar refractivity (Wildman–Crippen MR) is 137 cm³/mol. The van der Waals surface area contributed by atoms with Gasteiger partial charge >= 0.3 is 5.97 Å². The van der Waals surface area contributed by atoms with Crippen LogP contribution in [0.2, 0.25) is 5.02 Å². The van der Waals surface area contributed by atoms with E-state index in [1.807, 2.05) is 73.7 Å². The Morgan fingerprint density at radius 3 is 2.49 bits per heavy atom. The van der Waals surface area contributed by atoms with Gasteiger partial charge in [0.25, 0.3) is 0 Å². The maximum absolute atomic E-state index is 13.1. The van der Waals surface area contributed by atoms with Crippen LogP contribution in [0, 0.1) is 6.92 Å². The minimum atomic E-state index is -1.01. The summed E-state index contributed by atoms with van der Waals surface area (Å²) in [4.78, 5) is 25.9. The second-order valence-corrected chi connectivity index (χ2v) is 9.97. The summed E-state index contributed by atoms with van der Waals surface area (Å²) in [5.74, 6) is -0.369. The molecule has 1 aliphatic heterocycles. The van der Waals surface area contributed by atoms with Crippen molar-refractivity contribution in [2.75, 3.05) is 13.1 Å². The molecule has 6 heteroatoms. The fourth-order valence-electron chi connectivity index (χ4n) is 4.71. The van der Waals surface area contributed by atoms with E-state index in [0.29, 0.717) is 18.0 Å². The van der Waals surface area contributed by atoms with Crippen LogP contribution in [0.25, 0.3) is 0 Å². The number of carboxylic acids is 1. The molecule has 1 aliphatic rings. The van der Waals surface area contributed by atoms with Crippen LogP contribution in [0.1, 0.15) is 34.7 Å². The number of halogens is 1. The van der Waals surface area contributed by atoms with E-state index in [0.717, 1.165) is 46.4 Å². The van der Waals surface area contributed by atoms with Gasteiger partial charge in [0.2, 0.25) is 5.91 Å². The molecule has 35 heavy (non-hydrogen) atoms. The SMILES string of the molecule is Cc1ccccc1CCN(CC(=O)O)C(=O)Cc1ccc2c(c1)CC(C)(Cc1ccc(Cl)cc1)O2. The maximum atomic E-state index is 13.1. The van der Waals surface area contributed by atoms with Gasteiger partial charge < -0.3 is 14.7 Å². The van der Waals surface area contributed by atoms with Crippen molar-refractivity contribution in [3.8, 4) is 5.75 Å². The van der Waals surface area contributed by atoms with Crippen LogP contribution in [0.4, 0.5) is 0 Å². The number of hydrogen-bond donors (Lipinski definition) is 1. The molecule has 1 heterocycles. The number of hydrogen-bond acceptors (Lipinski definition) is 3. The Hall–Kier alpha value is -3.31. The molecule has 0 saturated carbocycles. The van der Waals surface area contributed by atoms with Gasteiger partial charge in [-0.25, -0.2) is 0 Å². The number of nitrogens with zero attached hydrogens (tertiary/aromatic N) is 1. The molecule has 4 rings (SSSR count). The van der Waals surface area contributed by atoms with Crippen LogP contribution in [0.5, 0.6) is 5.75 Å². The number of aryl methyl sites for hydroxylation is 1. The standard InChI is InChI=1S/C29H30ClNO4/c1-20-5-3-4-6-23(20)13-14-31(19-28(33)34)27(32)16-22-9-12-26-24(15-22)18-29(2,35-26)17-21-7-10-25(30)11-8-21/h3-12,15H,13-14,16-19H2,1-2H3,(H,33,34). The molecule has 0 bridgehead atoms. The molecule has 0 fully saturated rings. The zero-order chi connectivity index (χ0) is 25.0. The van der Waals surface area contributed by atoms with E-state index in [-0.39, 0.29) is 24.5 Å². The molecule has 1 unspecified atom stereocenters. The molecule has 0 saturated heterocycles. The summed E-state index contributed by atoms with van der Waals surface area (Å²) in [5, 5.41) is 10.1. The molecule has 1 atom stereocenters. The fourth-order valence-corrected chi connectivity index (χ4v) is 4.83. The van der Waals surface area contributed by atoms with E-state index in [4.69, 9.17) is 16.3 Å². The fraction of sp³-hybridized carbons (Fsp3) is 0.310. The molecule has 0 spiro atoms. The highest BCUT2D eigenvalue weighted by atomic mass is 35.5. The molecule has 182 valence electrons. The molecular formula is C29H30ClNO4. The molecule has 3 aromatic rings. The summed E-state index contributed by atoms with van der Waals surface area (Å²) in [5.41, 5.74) is 4.96. The quantitative estimate of drug-likeness (QED) is 0.442. The minimum absolute atomic E-state index is 0.155. The lowest BCUT2D eigenvalue weighted by Gasteiger charge is -2.24. The lowest BCUT2D eigenvalue weighted by Crippen LogP contribution is -2.38. The van der Waals surface area contributed by atoms with E-state index >= 15 is 0 Å². The molecule has 0 radical (unpaired) electrons. The van der Waals surface area contributed by atoms with Crippen molar-refractivity contribution in [2.24, 2.45) is 0 Å². The average molecular weight is 492 g/mol. The molecule has 1 amide bonds. The maximum Gasteiger partial charge on any atom is 0.323 e. The Morgan fingerprint density at radius 2 is 1.77 bits per heavy atom. The van der Waals surface area contributed by atoms with Gasteiger partial charge in [-0.2, -0.15) is 0 Å². The second kappa shape index (κ2) is 10.5. The van der Waals surface area contributed by atoms with Crippen molar-refractivity contribution in [2.45, 2.75) is 45.1 Å². The molecule has 3 aromatic carbocycles. The number of amides is 1. The van der Waals surface area contributed by atoms with Gasteiger partial charge in [-0.05, 0) is 66.3 Å². The van der Waals surface area contributed by atoms with E-state index in [1.54, 1.807) is 0 Å². The van der Waals surface area contributed by atoms with E-state index < -0.39 is 5.97 Å². The zero-order valence-corrected chi connectivity index (χ0v) is 20.8. The molecule has 5 nitrogen and oxygen atoms in total. The Morgan fingerprint density at radius 1 is 1.06 bits per heavy atom. The summed E-state index contributed by atoms with van der Waals surface area (Å²) in [6, 6.07) is 21.6. The number of carbonyl (C=O) groups is 2. The normalized spacial score (nSPS) is 16.4. The zero-order valence-electron chi connectivity index (χ0n) is 20.1. The van der Waals surface area contributed by atoms with E-state index in [9.17, 15) is 14.7 Å². The smallest absolute Gasteiger partial charge is 0.323 e. The van der Waals surface area contributed by atoms with Crippen molar-refractivity contribution in [3.05, 3.63) is 99.6 Å². The number of benzene rings is 3. The van der Waals surface area contributed by atoms with Gasteiger partial charge in [0.1, 0.15) is 17.9 Å². The molecular weight excluding hydrogens is 462 g/mol. The highest BCUT2D eigenvalue weighted by molar-refractivity contribution is 6.30. The van der Waals surface area contributed by atoms with Crippen LogP contribution in [0.15, 0.2) is 66.7 Å². The topological polar surface area (TPSA) is 66.8 Å². The number of carboxylic acid groups (broad SMARTS) is 1. The lowest BCUT2D eigenvalue weighted by atomic mass is 9.91. The molecule has 1 N–H and O–H groups in total. The minimum Gasteiger partial charge on any atom is -0.487 e. The Balaban J connectivity index is 1.42.